The maximum atomic E-state index is 5.19. The molecule has 1 aromatic rings. The smallest absolute Gasteiger partial charge is 0.179 e. The number of aromatic nitrogens is 1. The van der Waals surface area contributed by atoms with Crippen LogP contribution in [0.4, 0.5) is 5.13 Å². The molecule has 0 atom stereocenters. The first-order valence-electron chi connectivity index (χ1n) is 1.54. The van der Waals surface area contributed by atoms with Crippen LogP contribution in [0, 0.1) is 0 Å². The standard InChI is InChI=1S/C3H4N2S.Na/c4-3-5-1-2-6-3;/h1-2H,(H2,4,5);. The molecule has 0 saturated heterocycles. The number of nitrogen functional groups attached to an aromatic ring is 1. The normalized spacial score (nSPS) is 7.43. The quantitative estimate of drug-likeness (QED) is 0.505. The Labute approximate surface area is 68.0 Å². The van der Waals surface area contributed by atoms with Crippen LogP contribution in [0.5, 0.6) is 0 Å². The Balaban J connectivity index is 0.000000360. The van der Waals surface area contributed by atoms with Gasteiger partial charge in [-0.1, -0.05) is 0 Å². The predicted octanol–water partition coefficient (Wildman–Crippen LogP) is 0.345. The molecular weight excluding hydrogens is 119 g/mol. The average molecular weight is 123 g/mol. The van der Waals surface area contributed by atoms with Gasteiger partial charge in [0.1, 0.15) is 0 Å². The van der Waals surface area contributed by atoms with Gasteiger partial charge in [0.2, 0.25) is 0 Å². The summed E-state index contributed by atoms with van der Waals surface area (Å²) in [6.07, 6.45) is 1.68. The van der Waals surface area contributed by atoms with Gasteiger partial charge in [0.25, 0.3) is 0 Å². The van der Waals surface area contributed by atoms with Gasteiger partial charge < -0.3 is 5.73 Å². The van der Waals surface area contributed by atoms with Crippen LogP contribution in [0.1, 0.15) is 0 Å². The fourth-order valence-electron chi connectivity index (χ4n) is 0.234. The van der Waals surface area contributed by atoms with Gasteiger partial charge in [0, 0.05) is 41.1 Å². The zero-order valence-electron chi connectivity index (χ0n) is 4.09. The second kappa shape index (κ2) is 3.43. The van der Waals surface area contributed by atoms with Crippen LogP contribution in [0.2, 0.25) is 0 Å². The summed E-state index contributed by atoms with van der Waals surface area (Å²) in [6, 6.07) is 0. The Morgan fingerprint density at radius 1 is 1.71 bits per heavy atom. The molecule has 4 heteroatoms. The molecule has 0 fully saturated rings. The molecular formula is C3H4N2NaS. The summed E-state index contributed by atoms with van der Waals surface area (Å²) in [7, 11) is 0. The summed E-state index contributed by atoms with van der Waals surface area (Å²) in [6.45, 7) is 0. The van der Waals surface area contributed by atoms with Crippen LogP contribution in [0.25, 0.3) is 0 Å². The van der Waals surface area contributed by atoms with Crippen molar-refractivity contribution in [2.75, 3.05) is 5.73 Å². The van der Waals surface area contributed by atoms with Crippen LogP contribution in [0.15, 0.2) is 11.6 Å². The molecule has 0 aliphatic rings. The Hall–Kier alpha value is 0.430. The summed E-state index contributed by atoms with van der Waals surface area (Å²) >= 11 is 1.44. The van der Waals surface area contributed by atoms with Crippen molar-refractivity contribution in [1.29, 1.82) is 0 Å². The molecule has 0 unspecified atom stereocenters. The van der Waals surface area contributed by atoms with Gasteiger partial charge in [-0.25, -0.2) is 4.98 Å². The summed E-state index contributed by atoms with van der Waals surface area (Å²) in [5.74, 6) is 0. The molecule has 0 saturated carbocycles. The molecule has 2 N–H and O–H groups in total. The zero-order chi connectivity index (χ0) is 4.41. The first-order valence-corrected chi connectivity index (χ1v) is 2.42. The van der Waals surface area contributed by atoms with Gasteiger partial charge in [-0.15, -0.1) is 11.3 Å². The zero-order valence-corrected chi connectivity index (χ0v) is 6.90. The van der Waals surface area contributed by atoms with Crippen LogP contribution in [-0.2, 0) is 0 Å². The number of nitrogens with zero attached hydrogens (tertiary/aromatic N) is 1. The van der Waals surface area contributed by atoms with Gasteiger partial charge in [-0.05, 0) is 0 Å². The van der Waals surface area contributed by atoms with Crippen molar-refractivity contribution in [2.24, 2.45) is 0 Å². The third kappa shape index (κ3) is 2.29. The van der Waals surface area contributed by atoms with Crippen molar-refractivity contribution in [3.8, 4) is 0 Å². The molecule has 0 spiro atoms. The molecule has 1 radical (unpaired) electrons. The molecule has 0 aliphatic heterocycles. The number of anilines is 1. The van der Waals surface area contributed by atoms with E-state index >= 15 is 0 Å². The number of rotatable bonds is 0. The average Bonchev–Trinajstić information content (AvgIpc) is 1.86. The van der Waals surface area contributed by atoms with Crippen LogP contribution < -0.4 is 5.73 Å². The van der Waals surface area contributed by atoms with Crippen molar-refractivity contribution < 1.29 is 0 Å². The molecule has 33 valence electrons. The van der Waals surface area contributed by atoms with E-state index in [1.807, 2.05) is 5.38 Å². The Morgan fingerprint density at radius 3 is 2.57 bits per heavy atom. The third-order valence-electron chi connectivity index (χ3n) is 0.451. The molecule has 0 amide bonds. The van der Waals surface area contributed by atoms with Gasteiger partial charge in [-0.3, -0.25) is 0 Å². The topological polar surface area (TPSA) is 38.9 Å². The summed E-state index contributed by atoms with van der Waals surface area (Å²) in [5, 5.41) is 2.48. The minimum atomic E-state index is 0. The first-order chi connectivity index (χ1) is 2.89. The second-order valence-electron chi connectivity index (χ2n) is 0.870. The minimum Gasteiger partial charge on any atom is -0.375 e. The van der Waals surface area contributed by atoms with Crippen molar-refractivity contribution in [3.05, 3.63) is 11.6 Å². The van der Waals surface area contributed by atoms with Crippen molar-refractivity contribution >= 4 is 46.0 Å². The molecule has 2 nitrogen and oxygen atoms in total. The SMILES string of the molecule is Nc1nccs1.[Na]. The third-order valence-corrected chi connectivity index (χ3v) is 1.06. The van der Waals surface area contributed by atoms with Gasteiger partial charge in [0.15, 0.2) is 5.13 Å². The fraction of sp³-hybridized carbons (Fsp3) is 0. The van der Waals surface area contributed by atoms with Crippen LogP contribution >= 0.6 is 11.3 Å². The summed E-state index contributed by atoms with van der Waals surface area (Å²) in [4.78, 5) is 3.71. The van der Waals surface area contributed by atoms with Gasteiger partial charge in [-0.2, -0.15) is 0 Å². The molecule has 1 aromatic heterocycles. The van der Waals surface area contributed by atoms with Crippen LogP contribution in [-0.4, -0.2) is 34.5 Å². The predicted molar refractivity (Wildman–Crippen MR) is 32.3 cm³/mol. The maximum Gasteiger partial charge on any atom is 0.179 e. The summed E-state index contributed by atoms with van der Waals surface area (Å²) < 4.78 is 0. The van der Waals surface area contributed by atoms with E-state index in [-0.39, 0.29) is 29.6 Å². The monoisotopic (exact) mass is 123 g/mol. The number of thiazole rings is 1. The Kier molecular flexibility index (Phi) is 3.65. The number of hydrogen-bond donors (Lipinski definition) is 1. The van der Waals surface area contributed by atoms with Crippen molar-refractivity contribution in [2.45, 2.75) is 0 Å². The Morgan fingerprint density at radius 2 is 2.43 bits per heavy atom. The van der Waals surface area contributed by atoms with E-state index in [2.05, 4.69) is 4.98 Å². The van der Waals surface area contributed by atoms with Crippen molar-refractivity contribution in [3.63, 3.8) is 0 Å². The van der Waals surface area contributed by atoms with Crippen molar-refractivity contribution in [1.82, 2.24) is 4.98 Å². The summed E-state index contributed by atoms with van der Waals surface area (Å²) in [5.41, 5.74) is 5.19. The van der Waals surface area contributed by atoms with Gasteiger partial charge >= 0.3 is 0 Å². The van der Waals surface area contributed by atoms with E-state index < -0.39 is 0 Å². The first kappa shape index (κ1) is 7.43. The molecule has 0 bridgehead atoms. The van der Waals surface area contributed by atoms with E-state index in [0.717, 1.165) is 0 Å². The Bertz CT molecular complexity index is 116. The number of nitrogens with two attached hydrogens (primary N) is 1. The van der Waals surface area contributed by atoms with E-state index in [1.54, 1.807) is 6.20 Å². The van der Waals surface area contributed by atoms with E-state index in [1.165, 1.54) is 11.3 Å². The molecule has 1 heterocycles. The minimum absolute atomic E-state index is 0. The second-order valence-corrected chi connectivity index (χ2v) is 1.80. The molecule has 7 heavy (non-hydrogen) atoms. The molecule has 0 aromatic carbocycles. The van der Waals surface area contributed by atoms with E-state index in [4.69, 9.17) is 5.73 Å². The maximum absolute atomic E-state index is 5.19. The van der Waals surface area contributed by atoms with Crippen LogP contribution in [0.3, 0.4) is 0 Å². The van der Waals surface area contributed by atoms with E-state index in [9.17, 15) is 0 Å². The number of hydrogen-bond acceptors (Lipinski definition) is 3. The van der Waals surface area contributed by atoms with E-state index in [0.29, 0.717) is 5.13 Å². The molecule has 0 aliphatic carbocycles. The molecule has 1 rings (SSSR count). The van der Waals surface area contributed by atoms with Gasteiger partial charge in [0.05, 0.1) is 0 Å². The fourth-order valence-corrected chi connectivity index (χ4v) is 0.617. The largest absolute Gasteiger partial charge is 0.375 e.